The number of fused-ring (bicyclic) bond motifs is 1. The highest BCUT2D eigenvalue weighted by molar-refractivity contribution is 5.93. The van der Waals surface area contributed by atoms with Crippen molar-refractivity contribution in [1.82, 2.24) is 25.1 Å². The van der Waals surface area contributed by atoms with Gasteiger partial charge < -0.3 is 24.3 Å². The number of nitrogens with zero attached hydrogens (tertiary/aromatic N) is 3. The molecule has 3 rings (SSSR count). The lowest BCUT2D eigenvalue weighted by atomic mass is 9.94. The highest BCUT2D eigenvalue weighted by Crippen LogP contribution is 2.31. The minimum Gasteiger partial charge on any atom is -0.370 e. The van der Waals surface area contributed by atoms with E-state index in [2.05, 4.69) is 47.9 Å². The summed E-state index contributed by atoms with van der Waals surface area (Å²) in [6.45, 7) is 9.87. The molecule has 2 atom stereocenters. The van der Waals surface area contributed by atoms with Gasteiger partial charge in [0.15, 0.2) is 5.69 Å². The average Bonchev–Trinajstić information content (AvgIpc) is 2.91. The maximum absolute atomic E-state index is 13.3. The Morgan fingerprint density at radius 3 is 2.76 bits per heavy atom. The Balaban J connectivity index is 1.90. The van der Waals surface area contributed by atoms with E-state index in [1.165, 1.54) is 0 Å². The second-order valence-corrected chi connectivity index (χ2v) is 9.25. The molecule has 8 nitrogen and oxygen atoms in total. The number of amides is 1. The summed E-state index contributed by atoms with van der Waals surface area (Å²) in [6, 6.07) is 0. The first-order chi connectivity index (χ1) is 13.8. The topological polar surface area (TPSA) is 80.6 Å². The van der Waals surface area contributed by atoms with Gasteiger partial charge in [-0.05, 0) is 46.3 Å². The molecule has 1 fully saturated rings. The fraction of sp³-hybridized carbons (Fsp3) is 0.810. The summed E-state index contributed by atoms with van der Waals surface area (Å²) in [5.74, 6) is 0.728. The lowest BCUT2D eigenvalue weighted by Gasteiger charge is -2.31. The van der Waals surface area contributed by atoms with Crippen molar-refractivity contribution in [2.45, 2.75) is 71.9 Å². The Morgan fingerprint density at radius 2 is 2.10 bits per heavy atom. The minimum atomic E-state index is -0.419. The van der Waals surface area contributed by atoms with Crippen molar-refractivity contribution < 1.29 is 14.3 Å². The SMILES string of the molecule is CNCO[C@@H](NC(=O)c1nc(C2CCCCO2)n2c1CN(C)CCC2)C(C)(C)C. The molecule has 3 heterocycles. The standard InChI is InChI=1S/C21H37N5O3/c1-21(2,3)20(29-14-22-4)24-19(27)17-15-13-25(5)10-8-11-26(15)18(23-17)16-9-6-7-12-28-16/h16,20,22H,6-14H2,1-5H3,(H,24,27)/t16?,20-/m1/s1. The van der Waals surface area contributed by atoms with Crippen LogP contribution in [0, 0.1) is 5.41 Å². The molecular formula is C21H37N5O3. The van der Waals surface area contributed by atoms with Gasteiger partial charge in [-0.3, -0.25) is 10.1 Å². The van der Waals surface area contributed by atoms with Crippen LogP contribution in [-0.2, 0) is 22.6 Å². The third kappa shape index (κ3) is 5.36. The van der Waals surface area contributed by atoms with E-state index < -0.39 is 6.23 Å². The molecule has 0 aliphatic carbocycles. The number of carbonyl (C=O) groups excluding carboxylic acids is 1. The number of hydrogen-bond donors (Lipinski definition) is 2. The maximum atomic E-state index is 13.3. The Kier molecular flexibility index (Phi) is 7.32. The molecule has 1 amide bonds. The van der Waals surface area contributed by atoms with Crippen LogP contribution in [0.4, 0.5) is 0 Å². The van der Waals surface area contributed by atoms with Gasteiger partial charge in [-0.1, -0.05) is 20.8 Å². The van der Waals surface area contributed by atoms with Gasteiger partial charge in [0.2, 0.25) is 0 Å². The number of nitrogens with one attached hydrogen (secondary N) is 2. The molecule has 0 aromatic carbocycles. The largest absolute Gasteiger partial charge is 0.370 e. The quantitative estimate of drug-likeness (QED) is 0.704. The van der Waals surface area contributed by atoms with Crippen molar-refractivity contribution in [2.24, 2.45) is 5.41 Å². The van der Waals surface area contributed by atoms with Crippen LogP contribution in [0.15, 0.2) is 0 Å². The summed E-state index contributed by atoms with van der Waals surface area (Å²) in [6.07, 6.45) is 3.79. The van der Waals surface area contributed by atoms with Crippen molar-refractivity contribution in [3.8, 4) is 0 Å². The lowest BCUT2D eigenvalue weighted by Crippen LogP contribution is -2.47. The molecule has 0 saturated carbocycles. The summed E-state index contributed by atoms with van der Waals surface area (Å²) < 4.78 is 14.1. The van der Waals surface area contributed by atoms with Gasteiger partial charge >= 0.3 is 0 Å². The van der Waals surface area contributed by atoms with Crippen LogP contribution in [0.1, 0.15) is 74.6 Å². The minimum absolute atomic E-state index is 0.0218. The average molecular weight is 408 g/mol. The van der Waals surface area contributed by atoms with Gasteiger partial charge in [0.05, 0.1) is 12.4 Å². The van der Waals surface area contributed by atoms with Crippen molar-refractivity contribution in [3.63, 3.8) is 0 Å². The van der Waals surface area contributed by atoms with Crippen molar-refractivity contribution in [2.75, 3.05) is 34.0 Å². The Labute approximate surface area is 174 Å². The van der Waals surface area contributed by atoms with Crippen LogP contribution in [-0.4, -0.2) is 60.6 Å². The maximum Gasteiger partial charge on any atom is 0.273 e. The van der Waals surface area contributed by atoms with Gasteiger partial charge in [0.25, 0.3) is 5.91 Å². The van der Waals surface area contributed by atoms with Crippen LogP contribution in [0.25, 0.3) is 0 Å². The van der Waals surface area contributed by atoms with E-state index in [0.717, 1.165) is 56.9 Å². The van der Waals surface area contributed by atoms with Gasteiger partial charge in [-0.15, -0.1) is 0 Å². The predicted octanol–water partition coefficient (Wildman–Crippen LogP) is 2.26. The zero-order valence-electron chi connectivity index (χ0n) is 18.6. The molecule has 2 aliphatic rings. The molecule has 1 saturated heterocycles. The summed E-state index contributed by atoms with van der Waals surface area (Å²) >= 11 is 0. The zero-order valence-corrected chi connectivity index (χ0v) is 18.6. The second-order valence-electron chi connectivity index (χ2n) is 9.25. The highest BCUT2D eigenvalue weighted by atomic mass is 16.5. The zero-order chi connectivity index (χ0) is 21.0. The molecule has 0 bridgehead atoms. The summed E-state index contributed by atoms with van der Waals surface area (Å²) in [7, 11) is 3.91. The molecule has 164 valence electrons. The predicted molar refractivity (Wildman–Crippen MR) is 111 cm³/mol. The number of imidazole rings is 1. The first-order valence-electron chi connectivity index (χ1n) is 10.8. The van der Waals surface area contributed by atoms with Crippen molar-refractivity contribution >= 4 is 5.91 Å². The monoisotopic (exact) mass is 407 g/mol. The van der Waals surface area contributed by atoms with Crippen molar-refractivity contribution in [3.05, 3.63) is 17.2 Å². The number of rotatable bonds is 6. The summed E-state index contributed by atoms with van der Waals surface area (Å²) in [5.41, 5.74) is 1.24. The molecule has 1 aromatic rings. The Hall–Kier alpha value is -1.48. The third-order valence-electron chi connectivity index (χ3n) is 5.57. The molecule has 8 heteroatoms. The van der Waals surface area contributed by atoms with Gasteiger partial charge in [-0.25, -0.2) is 4.98 Å². The fourth-order valence-corrected chi connectivity index (χ4v) is 3.98. The molecule has 2 aliphatic heterocycles. The number of aromatic nitrogens is 2. The van der Waals surface area contributed by atoms with Gasteiger partial charge in [0, 0.05) is 25.1 Å². The van der Waals surface area contributed by atoms with Crippen molar-refractivity contribution in [1.29, 1.82) is 0 Å². The number of ether oxygens (including phenoxy) is 2. The van der Waals surface area contributed by atoms with E-state index in [1.807, 2.05) is 7.05 Å². The van der Waals surface area contributed by atoms with E-state index in [-0.39, 0.29) is 17.4 Å². The summed E-state index contributed by atoms with van der Waals surface area (Å²) in [5, 5.41) is 6.05. The first kappa shape index (κ1) is 22.2. The van der Waals surface area contributed by atoms with Crippen LogP contribution >= 0.6 is 0 Å². The smallest absolute Gasteiger partial charge is 0.273 e. The van der Waals surface area contributed by atoms with E-state index in [0.29, 0.717) is 19.0 Å². The molecule has 29 heavy (non-hydrogen) atoms. The molecular weight excluding hydrogens is 370 g/mol. The first-order valence-corrected chi connectivity index (χ1v) is 10.8. The summed E-state index contributed by atoms with van der Waals surface area (Å²) in [4.78, 5) is 20.4. The van der Waals surface area contributed by atoms with E-state index in [9.17, 15) is 4.79 Å². The number of hydrogen-bond acceptors (Lipinski definition) is 6. The van der Waals surface area contributed by atoms with Crippen LogP contribution in [0.3, 0.4) is 0 Å². The van der Waals surface area contributed by atoms with Crippen LogP contribution < -0.4 is 10.6 Å². The molecule has 2 N–H and O–H groups in total. The van der Waals surface area contributed by atoms with Crippen LogP contribution in [0.2, 0.25) is 0 Å². The fourth-order valence-electron chi connectivity index (χ4n) is 3.98. The molecule has 1 unspecified atom stereocenters. The van der Waals surface area contributed by atoms with E-state index in [1.54, 1.807) is 0 Å². The lowest BCUT2D eigenvalue weighted by molar-refractivity contribution is -0.0407. The molecule has 0 radical (unpaired) electrons. The number of carbonyl (C=O) groups is 1. The molecule has 1 aromatic heterocycles. The van der Waals surface area contributed by atoms with E-state index >= 15 is 0 Å². The van der Waals surface area contributed by atoms with Gasteiger partial charge in [0.1, 0.15) is 18.2 Å². The second kappa shape index (κ2) is 9.55. The van der Waals surface area contributed by atoms with Crippen LogP contribution in [0.5, 0.6) is 0 Å². The Morgan fingerprint density at radius 1 is 1.31 bits per heavy atom. The van der Waals surface area contributed by atoms with E-state index in [4.69, 9.17) is 14.5 Å². The molecule has 0 spiro atoms. The third-order valence-corrected chi connectivity index (χ3v) is 5.57. The van der Waals surface area contributed by atoms with Gasteiger partial charge in [-0.2, -0.15) is 0 Å². The highest BCUT2D eigenvalue weighted by Gasteiger charge is 2.33. The normalized spacial score (nSPS) is 22.0. The Bertz CT molecular complexity index is 691.